The highest BCUT2D eigenvalue weighted by Gasteiger charge is 2.41. The quantitative estimate of drug-likeness (QED) is 0.765. The molecule has 0 aromatic heterocycles. The van der Waals surface area contributed by atoms with Crippen LogP contribution < -0.4 is 11.1 Å². The molecule has 1 rings (SSSR count). The fourth-order valence-corrected chi connectivity index (χ4v) is 2.30. The predicted molar refractivity (Wildman–Crippen MR) is 58.4 cm³/mol. The molecule has 0 radical (unpaired) electrons. The lowest BCUT2D eigenvalue weighted by Crippen LogP contribution is -2.46. The Morgan fingerprint density at radius 2 is 2.00 bits per heavy atom. The van der Waals surface area contributed by atoms with Gasteiger partial charge >= 0.3 is 12.3 Å². The average molecular weight is 270 g/mol. The van der Waals surface area contributed by atoms with E-state index < -0.39 is 30.7 Å². The molecule has 0 aromatic rings. The molecule has 1 aliphatic carbocycles. The monoisotopic (exact) mass is 270 g/mol. The van der Waals surface area contributed by atoms with Gasteiger partial charge in [0.15, 0.2) is 0 Å². The summed E-state index contributed by atoms with van der Waals surface area (Å²) in [6.45, 7) is 0.594. The van der Waals surface area contributed by atoms with Crippen LogP contribution in [-0.2, 0) is 4.79 Å². The molecule has 1 fully saturated rings. The van der Waals surface area contributed by atoms with Gasteiger partial charge in [0, 0.05) is 12.0 Å². The molecule has 3 nitrogen and oxygen atoms in total. The van der Waals surface area contributed by atoms with Crippen molar-refractivity contribution < 1.29 is 22.4 Å². The molecule has 7 heteroatoms. The van der Waals surface area contributed by atoms with Crippen LogP contribution in [0.4, 0.5) is 17.6 Å². The Bertz CT molecular complexity index is 289. The molecular formula is C11H18F4N2O. The maximum absolute atomic E-state index is 12.6. The first-order valence-corrected chi connectivity index (χ1v) is 5.91. The fraction of sp³-hybridized carbons (Fsp3) is 0.909. The second-order valence-corrected chi connectivity index (χ2v) is 5.05. The molecule has 0 spiro atoms. The van der Waals surface area contributed by atoms with E-state index in [9.17, 15) is 22.4 Å². The first-order chi connectivity index (χ1) is 8.22. The molecule has 18 heavy (non-hydrogen) atoms. The van der Waals surface area contributed by atoms with E-state index in [1.165, 1.54) is 0 Å². The topological polar surface area (TPSA) is 55.1 Å². The van der Waals surface area contributed by atoms with Crippen LogP contribution in [0.15, 0.2) is 0 Å². The summed E-state index contributed by atoms with van der Waals surface area (Å²) in [5, 5.41) is 1.89. The zero-order chi connectivity index (χ0) is 13.9. The van der Waals surface area contributed by atoms with Crippen molar-refractivity contribution in [2.75, 3.05) is 6.54 Å². The normalized spacial score (nSPS) is 29.4. The Hall–Kier alpha value is -0.850. The summed E-state index contributed by atoms with van der Waals surface area (Å²) >= 11 is 0. The highest BCUT2D eigenvalue weighted by atomic mass is 19.3. The average Bonchev–Trinajstić information content (AvgIpc) is 2.24. The molecule has 0 aliphatic heterocycles. The summed E-state index contributed by atoms with van der Waals surface area (Å²) in [4.78, 5) is 11.6. The molecule has 3 atom stereocenters. The Morgan fingerprint density at radius 3 is 2.50 bits per heavy atom. The van der Waals surface area contributed by atoms with E-state index in [-0.39, 0.29) is 12.0 Å². The third kappa shape index (κ3) is 4.12. The standard InChI is InChI=1S/C11H18F4N2O/c1-6-2-7(4-8(16)3-6)9(18)17-5-11(14,15)10(12)13/h6-8,10H,2-5,16H2,1H3,(H,17,18). The second-order valence-electron chi connectivity index (χ2n) is 5.05. The lowest BCUT2D eigenvalue weighted by atomic mass is 9.79. The molecule has 3 N–H and O–H groups in total. The van der Waals surface area contributed by atoms with E-state index in [2.05, 4.69) is 0 Å². The zero-order valence-corrected chi connectivity index (χ0v) is 10.1. The molecule has 1 amide bonds. The van der Waals surface area contributed by atoms with Crippen LogP contribution in [0.5, 0.6) is 0 Å². The van der Waals surface area contributed by atoms with Crippen LogP contribution in [-0.4, -0.2) is 30.8 Å². The number of hydrogen-bond acceptors (Lipinski definition) is 2. The molecule has 0 aromatic carbocycles. The number of rotatable bonds is 4. The predicted octanol–water partition coefficient (Wildman–Crippen LogP) is 1.77. The number of nitrogens with one attached hydrogen (secondary N) is 1. The molecule has 0 heterocycles. The van der Waals surface area contributed by atoms with Gasteiger partial charge in [-0.2, -0.15) is 8.78 Å². The maximum Gasteiger partial charge on any atom is 0.324 e. The fourth-order valence-electron chi connectivity index (χ4n) is 2.30. The van der Waals surface area contributed by atoms with E-state index in [1.54, 1.807) is 0 Å². The molecule has 3 unspecified atom stereocenters. The van der Waals surface area contributed by atoms with Crippen molar-refractivity contribution in [1.82, 2.24) is 5.32 Å². The van der Waals surface area contributed by atoms with Gasteiger partial charge in [-0.3, -0.25) is 4.79 Å². The van der Waals surface area contributed by atoms with Crippen molar-refractivity contribution >= 4 is 5.91 Å². The molecular weight excluding hydrogens is 252 g/mol. The van der Waals surface area contributed by atoms with Crippen molar-refractivity contribution in [1.29, 1.82) is 0 Å². The summed E-state index contributed by atoms with van der Waals surface area (Å²) < 4.78 is 49.1. The molecule has 1 saturated carbocycles. The van der Waals surface area contributed by atoms with E-state index in [0.29, 0.717) is 12.8 Å². The SMILES string of the molecule is CC1CC(N)CC(C(=O)NCC(F)(F)C(F)F)C1. The minimum Gasteiger partial charge on any atom is -0.350 e. The van der Waals surface area contributed by atoms with Crippen molar-refractivity contribution in [2.24, 2.45) is 17.6 Å². The highest BCUT2D eigenvalue weighted by Crippen LogP contribution is 2.28. The first-order valence-electron chi connectivity index (χ1n) is 5.91. The smallest absolute Gasteiger partial charge is 0.324 e. The van der Waals surface area contributed by atoms with Gasteiger partial charge in [-0.05, 0) is 25.2 Å². The minimum absolute atomic E-state index is 0.139. The number of carbonyl (C=O) groups is 1. The van der Waals surface area contributed by atoms with Crippen LogP contribution >= 0.6 is 0 Å². The van der Waals surface area contributed by atoms with E-state index >= 15 is 0 Å². The van der Waals surface area contributed by atoms with Gasteiger partial charge in [0.25, 0.3) is 0 Å². The number of hydrogen-bond donors (Lipinski definition) is 2. The number of amides is 1. The van der Waals surface area contributed by atoms with Gasteiger partial charge in [-0.15, -0.1) is 0 Å². The van der Waals surface area contributed by atoms with E-state index in [4.69, 9.17) is 5.73 Å². The Morgan fingerprint density at radius 1 is 1.39 bits per heavy atom. The van der Waals surface area contributed by atoms with Crippen LogP contribution in [0, 0.1) is 11.8 Å². The van der Waals surface area contributed by atoms with Gasteiger partial charge in [0.2, 0.25) is 5.91 Å². The number of carbonyl (C=O) groups excluding carboxylic acids is 1. The summed E-state index contributed by atoms with van der Waals surface area (Å²) in [6.07, 6.45) is -2.02. The van der Waals surface area contributed by atoms with Gasteiger partial charge in [-0.25, -0.2) is 8.78 Å². The summed E-state index contributed by atoms with van der Waals surface area (Å²) in [5.41, 5.74) is 5.74. The minimum atomic E-state index is -4.18. The summed E-state index contributed by atoms with van der Waals surface area (Å²) in [6, 6.07) is -0.139. The van der Waals surface area contributed by atoms with Crippen molar-refractivity contribution in [2.45, 2.75) is 44.6 Å². The Balaban J connectivity index is 2.46. The number of nitrogens with two attached hydrogens (primary N) is 1. The third-order valence-corrected chi connectivity index (χ3v) is 3.17. The lowest BCUT2D eigenvalue weighted by molar-refractivity contribution is -0.139. The Labute approximate surface area is 103 Å². The number of halogens is 4. The van der Waals surface area contributed by atoms with Gasteiger partial charge in [0.05, 0.1) is 6.54 Å². The zero-order valence-electron chi connectivity index (χ0n) is 10.1. The molecule has 0 bridgehead atoms. The summed E-state index contributed by atoms with van der Waals surface area (Å²) in [5.74, 6) is -5.02. The van der Waals surface area contributed by atoms with E-state index in [0.717, 1.165) is 6.42 Å². The van der Waals surface area contributed by atoms with Crippen LogP contribution in [0.2, 0.25) is 0 Å². The van der Waals surface area contributed by atoms with Crippen molar-refractivity contribution in [3.8, 4) is 0 Å². The third-order valence-electron chi connectivity index (χ3n) is 3.17. The maximum atomic E-state index is 12.6. The molecule has 106 valence electrons. The second kappa shape index (κ2) is 5.86. The molecule has 1 aliphatic rings. The van der Waals surface area contributed by atoms with Crippen molar-refractivity contribution in [3.05, 3.63) is 0 Å². The van der Waals surface area contributed by atoms with Crippen LogP contribution in [0.1, 0.15) is 26.2 Å². The van der Waals surface area contributed by atoms with Gasteiger partial charge in [0.1, 0.15) is 0 Å². The van der Waals surface area contributed by atoms with Crippen molar-refractivity contribution in [3.63, 3.8) is 0 Å². The van der Waals surface area contributed by atoms with Crippen LogP contribution in [0.3, 0.4) is 0 Å². The molecule has 0 saturated heterocycles. The van der Waals surface area contributed by atoms with Gasteiger partial charge in [-0.1, -0.05) is 6.92 Å². The van der Waals surface area contributed by atoms with Gasteiger partial charge < -0.3 is 11.1 Å². The van der Waals surface area contributed by atoms with Crippen LogP contribution in [0.25, 0.3) is 0 Å². The first kappa shape index (κ1) is 15.2. The number of alkyl halides is 4. The van der Waals surface area contributed by atoms with E-state index in [1.807, 2.05) is 12.2 Å². The highest BCUT2D eigenvalue weighted by molar-refractivity contribution is 5.78. The lowest BCUT2D eigenvalue weighted by Gasteiger charge is -2.30. The Kier molecular flexibility index (Phi) is 4.95. The largest absolute Gasteiger partial charge is 0.350 e. The summed E-state index contributed by atoms with van der Waals surface area (Å²) in [7, 11) is 0.